The monoisotopic (exact) mass is 300 g/mol. The molecule has 0 radical (unpaired) electrons. The highest BCUT2D eigenvalue weighted by molar-refractivity contribution is 7.10. The van der Waals surface area contributed by atoms with Crippen molar-refractivity contribution in [3.63, 3.8) is 0 Å². The van der Waals surface area contributed by atoms with E-state index < -0.39 is 0 Å². The zero-order valence-corrected chi connectivity index (χ0v) is 12.9. The summed E-state index contributed by atoms with van der Waals surface area (Å²) in [6.45, 7) is 2.12. The van der Waals surface area contributed by atoms with E-state index in [4.69, 9.17) is 5.73 Å². The quantitative estimate of drug-likeness (QED) is 0.626. The summed E-state index contributed by atoms with van der Waals surface area (Å²) in [6.07, 6.45) is 5.35. The Balaban J connectivity index is 1.97. The first-order chi connectivity index (χ1) is 10.2. The molecule has 0 bridgehead atoms. The van der Waals surface area contributed by atoms with Gasteiger partial charge in [-0.15, -0.1) is 11.3 Å². The number of thiophene rings is 1. The maximum atomic E-state index is 12.0. The van der Waals surface area contributed by atoms with Crippen LogP contribution in [0.15, 0.2) is 47.9 Å². The van der Waals surface area contributed by atoms with E-state index in [2.05, 4.69) is 18.3 Å². The Hall–Kier alpha value is -2.07. The molecule has 0 fully saturated rings. The van der Waals surface area contributed by atoms with E-state index in [0.717, 1.165) is 24.1 Å². The number of carbonyl (C=O) groups is 1. The van der Waals surface area contributed by atoms with Gasteiger partial charge in [0.1, 0.15) is 0 Å². The number of rotatable bonds is 6. The summed E-state index contributed by atoms with van der Waals surface area (Å²) >= 11 is 1.68. The number of carbonyl (C=O) groups excluding carboxylic acids is 1. The van der Waals surface area contributed by atoms with E-state index in [-0.39, 0.29) is 11.9 Å². The number of anilines is 1. The summed E-state index contributed by atoms with van der Waals surface area (Å²) in [5, 5.41) is 5.10. The van der Waals surface area contributed by atoms with Gasteiger partial charge in [0.15, 0.2) is 0 Å². The van der Waals surface area contributed by atoms with Crippen LogP contribution in [0.1, 0.15) is 36.2 Å². The van der Waals surface area contributed by atoms with E-state index in [1.807, 2.05) is 35.7 Å². The van der Waals surface area contributed by atoms with Gasteiger partial charge in [0.2, 0.25) is 5.91 Å². The number of nitrogens with one attached hydrogen (secondary N) is 1. The maximum Gasteiger partial charge on any atom is 0.244 e. The van der Waals surface area contributed by atoms with Crippen molar-refractivity contribution in [1.29, 1.82) is 0 Å². The highest BCUT2D eigenvalue weighted by Crippen LogP contribution is 2.23. The number of nitrogens with two attached hydrogens (primary N) is 1. The molecule has 2 rings (SSSR count). The first-order valence-electron chi connectivity index (χ1n) is 7.06. The topological polar surface area (TPSA) is 55.1 Å². The second-order valence-corrected chi connectivity index (χ2v) is 5.84. The van der Waals surface area contributed by atoms with Crippen LogP contribution < -0.4 is 11.1 Å². The van der Waals surface area contributed by atoms with E-state index in [9.17, 15) is 4.79 Å². The lowest BCUT2D eigenvalue weighted by Crippen LogP contribution is -2.26. The van der Waals surface area contributed by atoms with Gasteiger partial charge in [-0.3, -0.25) is 4.79 Å². The maximum absolute atomic E-state index is 12.0. The Morgan fingerprint density at radius 3 is 2.71 bits per heavy atom. The molecule has 0 spiro atoms. The minimum absolute atomic E-state index is 0.0707. The molecule has 1 aromatic carbocycles. The number of benzene rings is 1. The average molecular weight is 300 g/mol. The summed E-state index contributed by atoms with van der Waals surface area (Å²) in [6, 6.07) is 11.6. The van der Waals surface area contributed by atoms with Gasteiger partial charge in [0.25, 0.3) is 0 Å². The van der Waals surface area contributed by atoms with Crippen LogP contribution in [0.2, 0.25) is 0 Å². The molecule has 4 heteroatoms. The fourth-order valence-corrected chi connectivity index (χ4v) is 2.88. The zero-order valence-electron chi connectivity index (χ0n) is 12.1. The van der Waals surface area contributed by atoms with Crippen LogP contribution in [0.5, 0.6) is 0 Å². The Morgan fingerprint density at radius 2 is 2.10 bits per heavy atom. The van der Waals surface area contributed by atoms with Gasteiger partial charge in [-0.25, -0.2) is 0 Å². The summed E-state index contributed by atoms with van der Waals surface area (Å²) < 4.78 is 0. The van der Waals surface area contributed by atoms with Gasteiger partial charge < -0.3 is 11.1 Å². The molecule has 0 aliphatic rings. The van der Waals surface area contributed by atoms with Crippen molar-refractivity contribution in [2.45, 2.75) is 25.8 Å². The number of nitrogen functional groups attached to an aromatic ring is 1. The molecule has 1 atom stereocenters. The standard InChI is InChI=1S/C17H20N2OS/c1-2-4-15(16-5-3-12-21-16)19-17(20)11-8-13-6-9-14(18)10-7-13/h3,5-12,15H,2,4,18H2,1H3,(H,19,20)/b11-8+. The predicted octanol–water partition coefficient (Wildman–Crippen LogP) is 4.00. The molecule has 0 aliphatic carbocycles. The summed E-state index contributed by atoms with van der Waals surface area (Å²) in [7, 11) is 0. The van der Waals surface area contributed by atoms with Crippen LogP contribution in [-0.2, 0) is 4.79 Å². The number of hydrogen-bond acceptors (Lipinski definition) is 3. The van der Waals surface area contributed by atoms with Gasteiger partial charge in [0, 0.05) is 16.6 Å². The van der Waals surface area contributed by atoms with Gasteiger partial charge in [0.05, 0.1) is 6.04 Å². The van der Waals surface area contributed by atoms with Gasteiger partial charge >= 0.3 is 0 Å². The van der Waals surface area contributed by atoms with Crippen molar-refractivity contribution in [3.05, 3.63) is 58.3 Å². The van der Waals surface area contributed by atoms with E-state index in [1.54, 1.807) is 23.5 Å². The van der Waals surface area contributed by atoms with Crippen LogP contribution in [0, 0.1) is 0 Å². The third-order valence-electron chi connectivity index (χ3n) is 3.14. The van der Waals surface area contributed by atoms with Crippen molar-refractivity contribution in [2.75, 3.05) is 5.73 Å². The SMILES string of the molecule is CCCC(NC(=O)/C=C/c1ccc(N)cc1)c1cccs1. The Bertz CT molecular complexity index is 588. The van der Waals surface area contributed by atoms with Crippen molar-refractivity contribution < 1.29 is 4.79 Å². The van der Waals surface area contributed by atoms with E-state index >= 15 is 0 Å². The van der Waals surface area contributed by atoms with E-state index in [0.29, 0.717) is 0 Å². The molecule has 110 valence electrons. The number of hydrogen-bond donors (Lipinski definition) is 2. The molecule has 3 N–H and O–H groups in total. The summed E-state index contributed by atoms with van der Waals surface area (Å²) in [4.78, 5) is 13.2. The minimum atomic E-state index is -0.0707. The normalized spacial score (nSPS) is 12.4. The summed E-state index contributed by atoms with van der Waals surface area (Å²) in [5.74, 6) is -0.0707. The van der Waals surface area contributed by atoms with Gasteiger partial charge in [-0.1, -0.05) is 31.5 Å². The lowest BCUT2D eigenvalue weighted by molar-refractivity contribution is -0.117. The summed E-state index contributed by atoms with van der Waals surface area (Å²) in [5.41, 5.74) is 7.31. The third-order valence-corrected chi connectivity index (χ3v) is 4.13. The van der Waals surface area contributed by atoms with Crippen LogP contribution in [-0.4, -0.2) is 5.91 Å². The molecule has 2 aromatic rings. The first-order valence-corrected chi connectivity index (χ1v) is 7.94. The van der Waals surface area contributed by atoms with Crippen molar-refractivity contribution in [2.24, 2.45) is 0 Å². The van der Waals surface area contributed by atoms with Crippen LogP contribution in [0.25, 0.3) is 6.08 Å². The molecule has 0 saturated carbocycles. The van der Waals surface area contributed by atoms with Crippen LogP contribution in [0.3, 0.4) is 0 Å². The first kappa shape index (κ1) is 15.3. The van der Waals surface area contributed by atoms with Crippen LogP contribution >= 0.6 is 11.3 Å². The van der Waals surface area contributed by atoms with Crippen LogP contribution in [0.4, 0.5) is 5.69 Å². The largest absolute Gasteiger partial charge is 0.399 e. The predicted molar refractivity (Wildman–Crippen MR) is 90.0 cm³/mol. The highest BCUT2D eigenvalue weighted by atomic mass is 32.1. The molecular weight excluding hydrogens is 280 g/mol. The Morgan fingerprint density at radius 1 is 1.33 bits per heavy atom. The highest BCUT2D eigenvalue weighted by Gasteiger charge is 2.12. The molecule has 3 nitrogen and oxygen atoms in total. The molecule has 1 unspecified atom stereocenters. The molecule has 0 aliphatic heterocycles. The number of amides is 1. The molecule has 1 aromatic heterocycles. The zero-order chi connectivity index (χ0) is 15.1. The molecule has 21 heavy (non-hydrogen) atoms. The van der Waals surface area contributed by atoms with Crippen molar-refractivity contribution >= 4 is 29.0 Å². The Labute approximate surface area is 129 Å². The average Bonchev–Trinajstić information content (AvgIpc) is 3.00. The van der Waals surface area contributed by atoms with Crippen molar-refractivity contribution in [1.82, 2.24) is 5.32 Å². The lowest BCUT2D eigenvalue weighted by Gasteiger charge is -2.15. The second-order valence-electron chi connectivity index (χ2n) is 4.87. The molecule has 0 saturated heterocycles. The molecule has 1 amide bonds. The lowest BCUT2D eigenvalue weighted by atomic mass is 10.1. The van der Waals surface area contributed by atoms with Gasteiger partial charge in [-0.05, 0) is 41.6 Å². The van der Waals surface area contributed by atoms with Crippen molar-refractivity contribution in [3.8, 4) is 0 Å². The molecule has 1 heterocycles. The van der Waals surface area contributed by atoms with E-state index in [1.165, 1.54) is 4.88 Å². The fourth-order valence-electron chi connectivity index (χ4n) is 2.06. The molecular formula is C17H20N2OS. The smallest absolute Gasteiger partial charge is 0.244 e. The Kier molecular flexibility index (Phi) is 5.58. The van der Waals surface area contributed by atoms with Gasteiger partial charge in [-0.2, -0.15) is 0 Å². The third kappa shape index (κ3) is 4.76. The fraction of sp³-hybridized carbons (Fsp3) is 0.235. The second kappa shape index (κ2) is 7.64. The minimum Gasteiger partial charge on any atom is -0.399 e.